The Morgan fingerprint density at radius 2 is 2.27 bits per heavy atom. The number of aliphatic imine (C=N–C) groups is 1. The molecule has 1 N–H and O–H groups in total. The summed E-state index contributed by atoms with van der Waals surface area (Å²) in [6.07, 6.45) is 4.94. The van der Waals surface area contributed by atoms with Crippen LogP contribution in [0, 0.1) is 11.8 Å². The van der Waals surface area contributed by atoms with E-state index in [1.807, 2.05) is 6.07 Å². The van der Waals surface area contributed by atoms with Gasteiger partial charge in [-0.15, -0.1) is 0 Å². The molecule has 5 heterocycles. The van der Waals surface area contributed by atoms with Gasteiger partial charge in [-0.2, -0.15) is 5.10 Å². The summed E-state index contributed by atoms with van der Waals surface area (Å²) in [7, 11) is 0. The molecule has 1 amide bonds. The van der Waals surface area contributed by atoms with Gasteiger partial charge >= 0.3 is 0 Å². The number of aromatic nitrogens is 3. The molecule has 156 valence electrons. The fourth-order valence-electron chi connectivity index (χ4n) is 5.24. The molecule has 3 aliphatic heterocycles. The van der Waals surface area contributed by atoms with Crippen molar-refractivity contribution in [3.05, 3.63) is 36.1 Å². The van der Waals surface area contributed by atoms with Crippen LogP contribution in [0.25, 0.3) is 5.65 Å². The van der Waals surface area contributed by atoms with Crippen LogP contribution in [0.5, 0.6) is 0 Å². The summed E-state index contributed by atoms with van der Waals surface area (Å²) < 4.78 is 35.9. The number of carbonyl (C=O) groups excluding carboxylic acids is 1. The molecule has 2 unspecified atom stereocenters. The number of hydrogen-bond donors (Lipinski definition) is 1. The molecule has 10 heteroatoms. The summed E-state index contributed by atoms with van der Waals surface area (Å²) in [6.45, 7) is 0.307. The maximum Gasteiger partial charge on any atom is 0.256 e. The third-order valence-corrected chi connectivity index (χ3v) is 6.73. The van der Waals surface area contributed by atoms with Gasteiger partial charge < -0.3 is 15.0 Å². The molecule has 2 bridgehead atoms. The molecular weight excluding hydrogens is 394 g/mol. The summed E-state index contributed by atoms with van der Waals surface area (Å²) in [6, 6.07) is 1.86. The zero-order valence-electron chi connectivity index (χ0n) is 16.1. The standard InChI is InChI=1S/C20H20F2N6O2/c21-12-5-15-19(24-7-12)30-10-13(22)8-23-18(29)14-9-25-28-4-2-16(26-17(14)28)27-3-1-11-6-20(11,15)27/h2,4,7,9,11,13,15H,1,3,5-6,8,10H2,(H,23,29)/t11-,13?,15?,20+/m0/s1. The first-order valence-corrected chi connectivity index (χ1v) is 10.2. The Bertz CT molecular complexity index is 1110. The second-order valence-corrected chi connectivity index (χ2v) is 8.36. The summed E-state index contributed by atoms with van der Waals surface area (Å²) in [5, 5.41) is 6.76. The van der Waals surface area contributed by atoms with Crippen molar-refractivity contribution in [1.29, 1.82) is 0 Å². The van der Waals surface area contributed by atoms with Crippen LogP contribution in [0.15, 0.2) is 35.5 Å². The van der Waals surface area contributed by atoms with Crippen molar-refractivity contribution in [1.82, 2.24) is 19.9 Å². The van der Waals surface area contributed by atoms with E-state index < -0.39 is 12.1 Å². The molecule has 30 heavy (non-hydrogen) atoms. The van der Waals surface area contributed by atoms with Crippen molar-refractivity contribution >= 4 is 23.3 Å². The lowest BCUT2D eigenvalue weighted by molar-refractivity contribution is 0.0929. The molecule has 8 nitrogen and oxygen atoms in total. The number of halogens is 2. The highest BCUT2D eigenvalue weighted by Gasteiger charge is 2.68. The number of alkyl halides is 1. The lowest BCUT2D eigenvalue weighted by atomic mass is 9.89. The van der Waals surface area contributed by atoms with Crippen LogP contribution in [0.1, 0.15) is 29.6 Å². The number of nitrogens with one attached hydrogen (secondary N) is 1. The highest BCUT2D eigenvalue weighted by atomic mass is 19.1. The van der Waals surface area contributed by atoms with E-state index >= 15 is 0 Å². The van der Waals surface area contributed by atoms with Crippen LogP contribution in [0.4, 0.5) is 14.6 Å². The van der Waals surface area contributed by atoms with E-state index in [0.717, 1.165) is 25.6 Å². The largest absolute Gasteiger partial charge is 0.477 e. The third-order valence-electron chi connectivity index (χ3n) is 6.73. The Morgan fingerprint density at radius 3 is 3.13 bits per heavy atom. The third kappa shape index (κ3) is 2.48. The summed E-state index contributed by atoms with van der Waals surface area (Å²) >= 11 is 0. The summed E-state index contributed by atoms with van der Waals surface area (Å²) in [5.74, 6) is 0.414. The molecule has 2 fully saturated rings. The Balaban J connectivity index is 1.49. The van der Waals surface area contributed by atoms with Crippen molar-refractivity contribution < 1.29 is 18.3 Å². The minimum Gasteiger partial charge on any atom is -0.477 e. The van der Waals surface area contributed by atoms with E-state index in [1.54, 1.807) is 6.20 Å². The molecule has 0 aromatic carbocycles. The number of carbonyl (C=O) groups is 1. The molecule has 1 aliphatic carbocycles. The first-order valence-electron chi connectivity index (χ1n) is 10.2. The number of hydrogen-bond acceptors (Lipinski definition) is 6. The van der Waals surface area contributed by atoms with E-state index in [1.165, 1.54) is 10.7 Å². The van der Waals surface area contributed by atoms with Crippen molar-refractivity contribution in [3.8, 4) is 0 Å². The average Bonchev–Trinajstić information content (AvgIpc) is 3.13. The van der Waals surface area contributed by atoms with Gasteiger partial charge in [0, 0.05) is 19.2 Å². The van der Waals surface area contributed by atoms with Gasteiger partial charge in [-0.05, 0) is 24.8 Å². The van der Waals surface area contributed by atoms with Gasteiger partial charge in [0.15, 0.2) is 17.7 Å². The van der Waals surface area contributed by atoms with Crippen LogP contribution >= 0.6 is 0 Å². The molecular formula is C20H20F2N6O2. The first kappa shape index (κ1) is 17.8. The topological polar surface area (TPSA) is 84.1 Å². The minimum atomic E-state index is -1.42. The summed E-state index contributed by atoms with van der Waals surface area (Å²) in [4.78, 5) is 23.7. The zero-order valence-corrected chi connectivity index (χ0v) is 16.1. The van der Waals surface area contributed by atoms with Crippen LogP contribution in [0.2, 0.25) is 0 Å². The van der Waals surface area contributed by atoms with E-state index in [-0.39, 0.29) is 42.4 Å². The quantitative estimate of drug-likeness (QED) is 0.713. The maximum atomic E-state index is 14.4. The van der Waals surface area contributed by atoms with E-state index in [2.05, 4.69) is 20.3 Å². The second-order valence-electron chi connectivity index (χ2n) is 8.36. The van der Waals surface area contributed by atoms with Crippen LogP contribution < -0.4 is 10.2 Å². The number of allylic oxidation sites excluding steroid dienone is 1. The predicted molar refractivity (Wildman–Crippen MR) is 104 cm³/mol. The average molecular weight is 414 g/mol. The van der Waals surface area contributed by atoms with Gasteiger partial charge in [-0.25, -0.2) is 23.3 Å². The van der Waals surface area contributed by atoms with Crippen LogP contribution in [-0.4, -0.2) is 57.8 Å². The fourth-order valence-corrected chi connectivity index (χ4v) is 5.24. The van der Waals surface area contributed by atoms with Gasteiger partial charge in [0.25, 0.3) is 5.91 Å². The van der Waals surface area contributed by atoms with Crippen LogP contribution in [-0.2, 0) is 4.74 Å². The normalized spacial score (nSPS) is 32.9. The lowest BCUT2D eigenvalue weighted by Crippen LogP contribution is -2.47. The first-order chi connectivity index (χ1) is 14.6. The predicted octanol–water partition coefficient (Wildman–Crippen LogP) is 2.03. The molecule has 4 atom stereocenters. The lowest BCUT2D eigenvalue weighted by Gasteiger charge is -2.37. The SMILES string of the molecule is O=C1NCC(F)COC2=NC=C(F)CC2[C@@]23C[C@@H]2CCN3c2ccn3ncc1c3n2. The molecule has 1 saturated carbocycles. The van der Waals surface area contributed by atoms with E-state index in [0.29, 0.717) is 23.3 Å². The highest BCUT2D eigenvalue weighted by Crippen LogP contribution is 2.62. The van der Waals surface area contributed by atoms with Gasteiger partial charge in [0.05, 0.1) is 30.4 Å². The monoisotopic (exact) mass is 414 g/mol. The molecule has 0 radical (unpaired) electrons. The number of nitrogens with zero attached hydrogens (tertiary/aromatic N) is 5. The van der Waals surface area contributed by atoms with Gasteiger partial charge in [0.1, 0.15) is 23.8 Å². The molecule has 2 aromatic heterocycles. The van der Waals surface area contributed by atoms with Crippen LogP contribution in [0.3, 0.4) is 0 Å². The Hall–Kier alpha value is -3.04. The van der Waals surface area contributed by atoms with E-state index in [4.69, 9.17) is 9.72 Å². The van der Waals surface area contributed by atoms with Crippen molar-refractivity contribution in [3.63, 3.8) is 0 Å². The maximum absolute atomic E-state index is 14.4. The number of ether oxygens (including phenoxy) is 1. The van der Waals surface area contributed by atoms with Crippen molar-refractivity contribution in [2.24, 2.45) is 16.8 Å². The number of rotatable bonds is 0. The van der Waals surface area contributed by atoms with Crippen molar-refractivity contribution in [2.45, 2.75) is 31.0 Å². The van der Waals surface area contributed by atoms with E-state index in [9.17, 15) is 13.6 Å². The second kappa shape index (κ2) is 6.23. The molecule has 2 aromatic rings. The van der Waals surface area contributed by atoms with Gasteiger partial charge in [-0.1, -0.05) is 0 Å². The zero-order chi connectivity index (χ0) is 20.5. The number of fused-ring (bicyclic) bond motifs is 3. The Kier molecular flexibility index (Phi) is 3.69. The Labute approximate surface area is 170 Å². The fraction of sp³-hybridized carbons (Fsp3) is 0.500. The highest BCUT2D eigenvalue weighted by molar-refractivity contribution is 5.99. The van der Waals surface area contributed by atoms with Gasteiger partial charge in [0.2, 0.25) is 0 Å². The Morgan fingerprint density at radius 1 is 1.37 bits per heavy atom. The smallest absolute Gasteiger partial charge is 0.256 e. The minimum absolute atomic E-state index is 0.180. The molecule has 1 spiro atoms. The number of amides is 1. The van der Waals surface area contributed by atoms with Crippen molar-refractivity contribution in [2.75, 3.05) is 24.6 Å². The molecule has 6 rings (SSSR count). The molecule has 4 aliphatic rings. The number of piperidine rings is 1. The number of anilines is 1. The van der Waals surface area contributed by atoms with Gasteiger partial charge in [-0.3, -0.25) is 4.79 Å². The molecule has 1 saturated heterocycles. The summed E-state index contributed by atoms with van der Waals surface area (Å²) in [5.41, 5.74) is 0.349.